The minimum atomic E-state index is -0.296. The average molecular weight is 364 g/mol. The van der Waals surface area contributed by atoms with Crippen molar-refractivity contribution in [2.24, 2.45) is 0 Å². The fraction of sp³-hybridized carbons (Fsp3) is 0.0588. The van der Waals surface area contributed by atoms with Crippen molar-refractivity contribution in [3.63, 3.8) is 0 Å². The second kappa shape index (κ2) is 6.79. The summed E-state index contributed by atoms with van der Waals surface area (Å²) in [7, 11) is 0. The number of carbonyl (C=O) groups excluding carboxylic acids is 2. The molecule has 0 radical (unpaired) electrons. The van der Waals surface area contributed by atoms with Crippen LogP contribution in [-0.2, 0) is 11.3 Å². The first kappa shape index (κ1) is 16.1. The highest BCUT2D eigenvalue weighted by molar-refractivity contribution is 8.18. The second-order valence-electron chi connectivity index (χ2n) is 4.93. The zero-order valence-electron chi connectivity index (χ0n) is 11.8. The number of carbonyl (C=O) groups is 2. The number of nitrogens with zero attached hydrogens (tertiary/aromatic N) is 1. The molecule has 1 saturated heterocycles. The standard InChI is InChI=1S/C17H11Cl2NO2S/c18-13-7-6-12(8-14(13)19)10-20-16(21)15(23-17(20)22)9-11-4-2-1-3-5-11/h1-9H,10H2/b15-9+. The van der Waals surface area contributed by atoms with E-state index in [0.717, 1.165) is 22.9 Å². The molecule has 116 valence electrons. The Morgan fingerprint density at radius 3 is 2.43 bits per heavy atom. The van der Waals surface area contributed by atoms with Gasteiger partial charge in [-0.2, -0.15) is 0 Å². The van der Waals surface area contributed by atoms with Crippen LogP contribution in [0.3, 0.4) is 0 Å². The third-order valence-electron chi connectivity index (χ3n) is 3.30. The van der Waals surface area contributed by atoms with Crippen LogP contribution in [0, 0.1) is 0 Å². The van der Waals surface area contributed by atoms with Gasteiger partial charge in [0.1, 0.15) is 0 Å². The number of amides is 2. The van der Waals surface area contributed by atoms with E-state index in [2.05, 4.69) is 0 Å². The molecular weight excluding hydrogens is 353 g/mol. The fourth-order valence-corrected chi connectivity index (χ4v) is 3.32. The molecular formula is C17H11Cl2NO2S. The van der Waals surface area contributed by atoms with Crippen LogP contribution in [0.2, 0.25) is 10.0 Å². The Morgan fingerprint density at radius 2 is 1.74 bits per heavy atom. The predicted molar refractivity (Wildman–Crippen MR) is 94.4 cm³/mol. The van der Waals surface area contributed by atoms with Gasteiger partial charge >= 0.3 is 0 Å². The van der Waals surface area contributed by atoms with E-state index in [9.17, 15) is 9.59 Å². The van der Waals surface area contributed by atoms with Crippen LogP contribution in [0.15, 0.2) is 53.4 Å². The van der Waals surface area contributed by atoms with Gasteiger partial charge in [0, 0.05) is 0 Å². The first-order valence-corrected chi connectivity index (χ1v) is 8.36. The van der Waals surface area contributed by atoms with E-state index in [4.69, 9.17) is 23.2 Å². The molecule has 3 nitrogen and oxygen atoms in total. The molecule has 0 spiro atoms. The summed E-state index contributed by atoms with van der Waals surface area (Å²) in [6.45, 7) is 0.174. The Hall–Kier alpha value is -1.75. The van der Waals surface area contributed by atoms with E-state index in [1.807, 2.05) is 30.3 Å². The van der Waals surface area contributed by atoms with Gasteiger partial charge in [-0.1, -0.05) is 59.6 Å². The van der Waals surface area contributed by atoms with E-state index in [1.165, 1.54) is 4.90 Å². The Morgan fingerprint density at radius 1 is 1.00 bits per heavy atom. The monoisotopic (exact) mass is 363 g/mol. The third-order valence-corrected chi connectivity index (χ3v) is 4.94. The SMILES string of the molecule is O=C1S/C(=C/c2ccccc2)C(=O)N1Cc1ccc(Cl)c(Cl)c1. The lowest BCUT2D eigenvalue weighted by molar-refractivity contribution is -0.123. The van der Waals surface area contributed by atoms with Crippen LogP contribution in [0.5, 0.6) is 0 Å². The van der Waals surface area contributed by atoms with E-state index >= 15 is 0 Å². The summed E-state index contributed by atoms with van der Waals surface area (Å²) in [5.41, 5.74) is 1.63. The van der Waals surface area contributed by atoms with Crippen molar-refractivity contribution in [3.05, 3.63) is 74.6 Å². The number of rotatable bonds is 3. The molecule has 0 aromatic heterocycles. The number of halogens is 2. The van der Waals surface area contributed by atoms with Crippen LogP contribution in [0.25, 0.3) is 6.08 Å². The molecule has 3 rings (SSSR count). The minimum Gasteiger partial charge on any atom is -0.268 e. The molecule has 1 aliphatic heterocycles. The van der Waals surface area contributed by atoms with Crippen molar-refractivity contribution in [2.45, 2.75) is 6.54 Å². The number of hydrogen-bond acceptors (Lipinski definition) is 3. The maximum atomic E-state index is 12.4. The average Bonchev–Trinajstić information content (AvgIpc) is 2.79. The smallest absolute Gasteiger partial charge is 0.268 e. The lowest BCUT2D eigenvalue weighted by Gasteiger charge is -2.12. The molecule has 2 aromatic carbocycles. The van der Waals surface area contributed by atoms with Crippen LogP contribution in [0.1, 0.15) is 11.1 Å². The Labute approximate surface area is 147 Å². The number of imide groups is 1. The number of thioether (sulfide) groups is 1. The molecule has 0 saturated carbocycles. The van der Waals surface area contributed by atoms with Crippen LogP contribution >= 0.6 is 35.0 Å². The summed E-state index contributed by atoms with van der Waals surface area (Å²) in [5.74, 6) is -0.296. The normalized spacial score (nSPS) is 16.4. The largest absolute Gasteiger partial charge is 0.293 e. The van der Waals surface area contributed by atoms with Crippen molar-refractivity contribution < 1.29 is 9.59 Å². The van der Waals surface area contributed by atoms with E-state index in [1.54, 1.807) is 24.3 Å². The highest BCUT2D eigenvalue weighted by Crippen LogP contribution is 2.34. The summed E-state index contributed by atoms with van der Waals surface area (Å²) in [5, 5.41) is 0.549. The minimum absolute atomic E-state index is 0.174. The molecule has 1 aliphatic rings. The summed E-state index contributed by atoms with van der Waals surface area (Å²) in [6.07, 6.45) is 1.72. The zero-order chi connectivity index (χ0) is 16.4. The van der Waals surface area contributed by atoms with Gasteiger partial charge in [-0.05, 0) is 41.1 Å². The molecule has 0 N–H and O–H groups in total. The van der Waals surface area contributed by atoms with Gasteiger partial charge in [-0.3, -0.25) is 14.5 Å². The molecule has 0 aliphatic carbocycles. The molecule has 6 heteroatoms. The van der Waals surface area contributed by atoms with Gasteiger partial charge in [-0.15, -0.1) is 0 Å². The molecule has 2 amide bonds. The fourth-order valence-electron chi connectivity index (χ4n) is 2.16. The Bertz CT molecular complexity index is 805. The van der Waals surface area contributed by atoms with Gasteiger partial charge in [0.25, 0.3) is 11.1 Å². The highest BCUT2D eigenvalue weighted by atomic mass is 35.5. The van der Waals surface area contributed by atoms with Gasteiger partial charge in [0.2, 0.25) is 0 Å². The van der Waals surface area contributed by atoms with Crippen molar-refractivity contribution in [2.75, 3.05) is 0 Å². The summed E-state index contributed by atoms with van der Waals surface area (Å²) in [6, 6.07) is 14.5. The Balaban J connectivity index is 1.81. The van der Waals surface area contributed by atoms with E-state index in [0.29, 0.717) is 15.0 Å². The van der Waals surface area contributed by atoms with Gasteiger partial charge in [0.05, 0.1) is 21.5 Å². The summed E-state index contributed by atoms with van der Waals surface area (Å²) < 4.78 is 0. The quantitative estimate of drug-likeness (QED) is 0.700. The van der Waals surface area contributed by atoms with E-state index in [-0.39, 0.29) is 17.7 Å². The van der Waals surface area contributed by atoms with Crippen molar-refractivity contribution in [3.8, 4) is 0 Å². The van der Waals surface area contributed by atoms with Crippen LogP contribution < -0.4 is 0 Å². The molecule has 0 unspecified atom stereocenters. The van der Waals surface area contributed by atoms with E-state index < -0.39 is 0 Å². The molecule has 0 atom stereocenters. The molecule has 1 fully saturated rings. The van der Waals surface area contributed by atoms with Gasteiger partial charge < -0.3 is 0 Å². The predicted octanol–water partition coefficient (Wildman–Crippen LogP) is 5.23. The molecule has 0 bridgehead atoms. The first-order chi connectivity index (χ1) is 11.0. The lowest BCUT2D eigenvalue weighted by atomic mass is 10.2. The van der Waals surface area contributed by atoms with Crippen molar-refractivity contribution in [1.82, 2.24) is 4.90 Å². The third kappa shape index (κ3) is 3.61. The Kier molecular flexibility index (Phi) is 4.76. The first-order valence-electron chi connectivity index (χ1n) is 6.79. The maximum Gasteiger partial charge on any atom is 0.293 e. The highest BCUT2D eigenvalue weighted by Gasteiger charge is 2.34. The molecule has 23 heavy (non-hydrogen) atoms. The maximum absolute atomic E-state index is 12.4. The van der Waals surface area contributed by atoms with Gasteiger partial charge in [0.15, 0.2) is 0 Å². The lowest BCUT2D eigenvalue weighted by Crippen LogP contribution is -2.27. The number of benzene rings is 2. The van der Waals surface area contributed by atoms with Crippen molar-refractivity contribution in [1.29, 1.82) is 0 Å². The topological polar surface area (TPSA) is 37.4 Å². The molecule has 2 aromatic rings. The summed E-state index contributed by atoms with van der Waals surface area (Å²) >= 11 is 12.8. The zero-order valence-corrected chi connectivity index (χ0v) is 14.2. The van der Waals surface area contributed by atoms with Crippen LogP contribution in [0.4, 0.5) is 4.79 Å². The number of hydrogen-bond donors (Lipinski definition) is 0. The summed E-state index contributed by atoms with van der Waals surface area (Å²) in [4.78, 5) is 26.2. The van der Waals surface area contributed by atoms with Crippen molar-refractivity contribution >= 4 is 52.2 Å². The second-order valence-corrected chi connectivity index (χ2v) is 6.73. The molecule has 1 heterocycles. The van der Waals surface area contributed by atoms with Crippen LogP contribution in [-0.4, -0.2) is 16.0 Å². The van der Waals surface area contributed by atoms with Gasteiger partial charge in [-0.25, -0.2) is 0 Å².